The number of carbonyl (C=O) groups is 1. The molecule has 3 nitrogen and oxygen atoms in total. The van der Waals surface area contributed by atoms with Gasteiger partial charge in [0.2, 0.25) is 0 Å². The molecule has 0 aliphatic carbocycles. The SMILES string of the molecule is CCCCCCCCCCCCSC(=O)[C@H](C)[C@H](CCO[Si](c1ccccc1)(c1ccccc1)C(C)(C)C)O[Si](CC)(CC)CC. The van der Waals surface area contributed by atoms with Crippen LogP contribution in [-0.2, 0) is 13.6 Å². The van der Waals surface area contributed by atoms with Crippen LogP contribution in [0.1, 0.15) is 126 Å². The van der Waals surface area contributed by atoms with Crippen LogP contribution in [0.15, 0.2) is 60.7 Å². The Kier molecular flexibility index (Phi) is 19.3. The maximum absolute atomic E-state index is 13.6. The minimum absolute atomic E-state index is 0.0762. The fourth-order valence-electron chi connectivity index (χ4n) is 6.87. The van der Waals surface area contributed by atoms with Gasteiger partial charge in [-0.1, -0.05) is 186 Å². The maximum Gasteiger partial charge on any atom is 0.261 e. The van der Waals surface area contributed by atoms with E-state index >= 15 is 0 Å². The van der Waals surface area contributed by atoms with Crippen LogP contribution in [0.25, 0.3) is 0 Å². The van der Waals surface area contributed by atoms with Gasteiger partial charge in [0, 0.05) is 12.4 Å². The Hall–Kier alpha value is -1.19. The van der Waals surface area contributed by atoms with Crippen molar-refractivity contribution < 1.29 is 13.6 Å². The van der Waals surface area contributed by atoms with Crippen LogP contribution in [0.5, 0.6) is 0 Å². The third kappa shape index (κ3) is 12.4. The third-order valence-electron chi connectivity index (χ3n) is 10.1. The Morgan fingerprint density at radius 1 is 0.717 bits per heavy atom. The molecule has 0 amide bonds. The molecule has 0 aliphatic heterocycles. The van der Waals surface area contributed by atoms with Crippen molar-refractivity contribution in [2.45, 2.75) is 155 Å². The minimum Gasteiger partial charge on any atom is -0.413 e. The summed E-state index contributed by atoms with van der Waals surface area (Å²) in [6.45, 7) is 18.8. The number of hydrogen-bond acceptors (Lipinski definition) is 4. The molecule has 2 aromatic carbocycles. The highest BCUT2D eigenvalue weighted by Crippen LogP contribution is 2.37. The molecule has 2 aromatic rings. The largest absolute Gasteiger partial charge is 0.413 e. The molecule has 2 rings (SSSR count). The van der Waals surface area contributed by atoms with Crippen LogP contribution in [0, 0.1) is 5.92 Å². The lowest BCUT2D eigenvalue weighted by Crippen LogP contribution is -2.66. The van der Waals surface area contributed by atoms with E-state index in [4.69, 9.17) is 8.85 Å². The van der Waals surface area contributed by atoms with Crippen molar-refractivity contribution in [3.05, 3.63) is 60.7 Å². The lowest BCUT2D eigenvalue weighted by molar-refractivity contribution is -0.116. The van der Waals surface area contributed by atoms with Gasteiger partial charge in [0.15, 0.2) is 13.4 Å². The van der Waals surface area contributed by atoms with Crippen molar-refractivity contribution in [3.8, 4) is 0 Å². The van der Waals surface area contributed by atoms with E-state index in [0.29, 0.717) is 6.61 Å². The Labute approximate surface area is 290 Å². The number of carbonyl (C=O) groups excluding carboxylic acids is 1. The van der Waals surface area contributed by atoms with Gasteiger partial charge in [0.25, 0.3) is 8.32 Å². The van der Waals surface area contributed by atoms with Crippen molar-refractivity contribution >= 4 is 43.9 Å². The Balaban J connectivity index is 2.11. The molecule has 0 fully saturated rings. The van der Waals surface area contributed by atoms with Gasteiger partial charge in [0.05, 0.1) is 12.0 Å². The summed E-state index contributed by atoms with van der Waals surface area (Å²) in [5.74, 6) is 0.774. The molecule has 0 aromatic heterocycles. The number of unbranched alkanes of at least 4 members (excludes halogenated alkanes) is 9. The first-order valence-electron chi connectivity index (χ1n) is 18.7. The monoisotopic (exact) mass is 684 g/mol. The molecule has 46 heavy (non-hydrogen) atoms. The molecule has 0 unspecified atom stereocenters. The number of rotatable bonds is 24. The quantitative estimate of drug-likeness (QED) is 0.0814. The minimum atomic E-state index is -2.64. The second kappa shape index (κ2) is 21.7. The van der Waals surface area contributed by atoms with Crippen molar-refractivity contribution in [2.24, 2.45) is 5.92 Å². The van der Waals surface area contributed by atoms with Gasteiger partial charge in [-0.15, -0.1) is 0 Å². The molecule has 260 valence electrons. The highest BCUT2D eigenvalue weighted by Gasteiger charge is 2.50. The molecule has 6 heteroatoms. The molecular weight excluding hydrogens is 617 g/mol. The predicted molar refractivity (Wildman–Crippen MR) is 209 cm³/mol. The summed E-state index contributed by atoms with van der Waals surface area (Å²) in [4.78, 5) is 13.6. The molecule has 0 saturated heterocycles. The summed E-state index contributed by atoms with van der Waals surface area (Å²) >= 11 is 1.54. The van der Waals surface area contributed by atoms with Gasteiger partial charge in [-0.2, -0.15) is 0 Å². The second-order valence-corrected chi connectivity index (χ2v) is 24.5. The van der Waals surface area contributed by atoms with Crippen LogP contribution < -0.4 is 10.4 Å². The molecule has 0 radical (unpaired) electrons. The van der Waals surface area contributed by atoms with E-state index in [-0.39, 0.29) is 22.2 Å². The zero-order valence-electron chi connectivity index (χ0n) is 30.9. The molecular formula is C40H68O3SSi2. The first-order chi connectivity index (χ1) is 22.1. The summed E-state index contributed by atoms with van der Waals surface area (Å²) in [6, 6.07) is 25.0. The molecule has 0 heterocycles. The normalized spacial score (nSPS) is 13.9. The third-order valence-corrected chi connectivity index (χ3v) is 21.0. The van der Waals surface area contributed by atoms with Gasteiger partial charge in [-0.3, -0.25) is 4.79 Å². The molecule has 0 spiro atoms. The van der Waals surface area contributed by atoms with Crippen LogP contribution in [0.2, 0.25) is 23.2 Å². The van der Waals surface area contributed by atoms with E-state index in [2.05, 4.69) is 116 Å². The summed E-state index contributed by atoms with van der Waals surface area (Å²) in [5, 5.41) is 2.80. The fourth-order valence-corrected chi connectivity index (χ4v) is 15.4. The first kappa shape index (κ1) is 41.0. The van der Waals surface area contributed by atoms with Gasteiger partial charge < -0.3 is 8.85 Å². The first-order valence-corrected chi connectivity index (χ1v) is 24.1. The van der Waals surface area contributed by atoms with Crippen molar-refractivity contribution in [1.82, 2.24) is 0 Å². The average molecular weight is 685 g/mol. The summed E-state index contributed by atoms with van der Waals surface area (Å²) in [7, 11) is -4.57. The smallest absolute Gasteiger partial charge is 0.261 e. The standard InChI is InChI=1S/C40H68O3SSi2/c1-9-13-14-15-16-17-18-19-20-27-34-44-39(41)35(5)38(43-45(10-2,11-3)12-4)32-33-42-46(40(6,7)8,36-28-23-21-24-29-36)37-30-25-22-26-31-37/h21-26,28-31,35,38H,9-20,27,32-34H2,1-8H3/t35-,38+/m1/s1. The highest BCUT2D eigenvalue weighted by atomic mass is 32.2. The molecule has 0 aliphatic rings. The van der Waals surface area contributed by atoms with E-state index in [1.54, 1.807) is 11.8 Å². The summed E-state index contributed by atoms with van der Waals surface area (Å²) in [6.07, 6.45) is 13.8. The van der Waals surface area contributed by atoms with Crippen molar-refractivity contribution in [1.29, 1.82) is 0 Å². The second-order valence-electron chi connectivity index (χ2n) is 14.3. The maximum atomic E-state index is 13.6. The lowest BCUT2D eigenvalue weighted by atomic mass is 10.0. The molecule has 0 N–H and O–H groups in total. The van der Waals surface area contributed by atoms with E-state index in [9.17, 15) is 4.79 Å². The van der Waals surface area contributed by atoms with E-state index in [0.717, 1.165) is 36.7 Å². The highest BCUT2D eigenvalue weighted by molar-refractivity contribution is 8.13. The van der Waals surface area contributed by atoms with Crippen LogP contribution in [0.4, 0.5) is 0 Å². The van der Waals surface area contributed by atoms with Gasteiger partial charge in [-0.25, -0.2) is 0 Å². The number of thioether (sulfide) groups is 1. The van der Waals surface area contributed by atoms with E-state index < -0.39 is 16.6 Å². The Morgan fingerprint density at radius 3 is 1.61 bits per heavy atom. The van der Waals surface area contributed by atoms with Gasteiger partial charge >= 0.3 is 0 Å². The van der Waals surface area contributed by atoms with E-state index in [1.165, 1.54) is 68.2 Å². The van der Waals surface area contributed by atoms with Crippen molar-refractivity contribution in [3.63, 3.8) is 0 Å². The topological polar surface area (TPSA) is 35.5 Å². The molecule has 2 atom stereocenters. The summed E-state index contributed by atoms with van der Waals surface area (Å²) < 4.78 is 14.4. The number of benzene rings is 2. The average Bonchev–Trinajstić information content (AvgIpc) is 3.07. The molecule has 0 saturated carbocycles. The van der Waals surface area contributed by atoms with Gasteiger partial charge in [-0.05, 0) is 46.4 Å². The zero-order chi connectivity index (χ0) is 33.9. The predicted octanol–water partition coefficient (Wildman–Crippen LogP) is 11.2. The van der Waals surface area contributed by atoms with Crippen LogP contribution in [-0.4, -0.2) is 40.2 Å². The van der Waals surface area contributed by atoms with E-state index in [1.807, 2.05) is 0 Å². The Bertz CT molecular complexity index is 1020. The van der Waals surface area contributed by atoms with Crippen LogP contribution >= 0.6 is 11.8 Å². The Morgan fingerprint density at radius 2 is 1.17 bits per heavy atom. The number of hydrogen-bond donors (Lipinski definition) is 0. The van der Waals surface area contributed by atoms with Crippen LogP contribution in [0.3, 0.4) is 0 Å². The summed E-state index contributed by atoms with van der Waals surface area (Å²) in [5.41, 5.74) is 0. The zero-order valence-corrected chi connectivity index (χ0v) is 33.7. The molecule has 0 bridgehead atoms. The van der Waals surface area contributed by atoms with Gasteiger partial charge in [0.1, 0.15) is 0 Å². The van der Waals surface area contributed by atoms with Crippen molar-refractivity contribution in [2.75, 3.05) is 12.4 Å². The fraction of sp³-hybridized carbons (Fsp3) is 0.675. The lowest BCUT2D eigenvalue weighted by Gasteiger charge is -2.43.